The highest BCUT2D eigenvalue weighted by atomic mass is 79.9. The van der Waals surface area contributed by atoms with Crippen LogP contribution in [0.1, 0.15) is 5.56 Å². The van der Waals surface area contributed by atoms with Crippen molar-refractivity contribution >= 4 is 33.2 Å². The second-order valence-electron chi connectivity index (χ2n) is 4.93. The largest absolute Gasteiger partial charge is 0.454 e. The van der Waals surface area contributed by atoms with E-state index in [4.69, 9.17) is 9.47 Å². The molecule has 2 N–H and O–H groups in total. The van der Waals surface area contributed by atoms with Crippen LogP contribution in [-0.2, 0) is 4.79 Å². The highest BCUT2D eigenvalue weighted by Gasteiger charge is 2.13. The van der Waals surface area contributed by atoms with Crippen LogP contribution in [0.5, 0.6) is 11.5 Å². The molecule has 1 amide bonds. The van der Waals surface area contributed by atoms with E-state index in [9.17, 15) is 4.79 Å². The smallest absolute Gasteiger partial charge is 0.243 e. The van der Waals surface area contributed by atoms with E-state index >= 15 is 0 Å². The monoisotopic (exact) mass is 362 g/mol. The molecule has 0 aromatic heterocycles. The van der Waals surface area contributed by atoms with Crippen molar-refractivity contribution in [1.29, 1.82) is 0 Å². The molecule has 2 aromatic rings. The summed E-state index contributed by atoms with van der Waals surface area (Å²) in [5.41, 5.74) is 2.62. The van der Waals surface area contributed by atoms with Gasteiger partial charge in [0.1, 0.15) is 0 Å². The number of nitrogens with one attached hydrogen (secondary N) is 2. The Bertz CT molecular complexity index is 719. The zero-order valence-electron chi connectivity index (χ0n) is 12.0. The summed E-state index contributed by atoms with van der Waals surface area (Å²) in [5.74, 6) is 1.30. The molecule has 0 unspecified atom stereocenters. The minimum absolute atomic E-state index is 0.108. The van der Waals surface area contributed by atoms with Gasteiger partial charge >= 0.3 is 0 Å². The first-order valence-electron chi connectivity index (χ1n) is 6.81. The van der Waals surface area contributed by atoms with Crippen LogP contribution in [0.3, 0.4) is 0 Å². The summed E-state index contributed by atoms with van der Waals surface area (Å²) in [7, 11) is 0. The molecule has 0 spiro atoms. The van der Waals surface area contributed by atoms with Gasteiger partial charge in [0, 0.05) is 21.9 Å². The van der Waals surface area contributed by atoms with Gasteiger partial charge in [-0.05, 0) is 42.8 Å². The van der Waals surface area contributed by atoms with Crippen molar-refractivity contribution in [3.8, 4) is 11.5 Å². The van der Waals surface area contributed by atoms with Crippen molar-refractivity contribution in [3.63, 3.8) is 0 Å². The molecular formula is C16H15BrN2O3. The highest BCUT2D eigenvalue weighted by Crippen LogP contribution is 2.34. The lowest BCUT2D eigenvalue weighted by Gasteiger charge is -2.10. The summed E-state index contributed by atoms with van der Waals surface area (Å²) < 4.78 is 11.5. The van der Waals surface area contributed by atoms with Crippen LogP contribution in [0, 0.1) is 6.92 Å². The molecule has 0 radical (unpaired) electrons. The normalized spacial score (nSPS) is 12.1. The number of rotatable bonds is 4. The summed E-state index contributed by atoms with van der Waals surface area (Å²) >= 11 is 3.40. The number of amides is 1. The van der Waals surface area contributed by atoms with Crippen LogP contribution < -0.4 is 20.1 Å². The highest BCUT2D eigenvalue weighted by molar-refractivity contribution is 9.10. The molecule has 1 aliphatic heterocycles. The van der Waals surface area contributed by atoms with Crippen molar-refractivity contribution < 1.29 is 14.3 Å². The van der Waals surface area contributed by atoms with Crippen molar-refractivity contribution in [2.45, 2.75) is 6.92 Å². The number of ether oxygens (including phenoxy) is 2. The minimum atomic E-state index is -0.108. The standard InChI is InChI=1S/C16H15BrN2O3/c1-10-6-11(17)2-4-13(10)19-16(20)8-18-12-3-5-14-15(7-12)22-9-21-14/h2-7,18H,8-9H2,1H3,(H,19,20). The van der Waals surface area contributed by atoms with Crippen molar-refractivity contribution in [2.75, 3.05) is 24.0 Å². The summed E-state index contributed by atoms with van der Waals surface area (Å²) in [6, 6.07) is 11.2. The third-order valence-corrected chi connectivity index (χ3v) is 3.78. The molecule has 0 atom stereocenters. The molecule has 3 rings (SSSR count). The lowest BCUT2D eigenvalue weighted by Crippen LogP contribution is -2.22. The van der Waals surface area contributed by atoms with E-state index in [1.54, 1.807) is 0 Å². The number of hydrogen-bond donors (Lipinski definition) is 2. The summed E-state index contributed by atoms with van der Waals surface area (Å²) in [6.07, 6.45) is 0. The maximum atomic E-state index is 12.0. The molecule has 5 nitrogen and oxygen atoms in total. The van der Waals surface area contributed by atoms with Crippen molar-refractivity contribution in [1.82, 2.24) is 0 Å². The first-order chi connectivity index (χ1) is 10.6. The number of benzene rings is 2. The number of hydrogen-bond acceptors (Lipinski definition) is 4. The first-order valence-corrected chi connectivity index (χ1v) is 7.60. The maximum absolute atomic E-state index is 12.0. The SMILES string of the molecule is Cc1cc(Br)ccc1NC(=O)CNc1ccc2c(c1)OCO2. The second-order valence-corrected chi connectivity index (χ2v) is 5.84. The Kier molecular flexibility index (Phi) is 4.20. The average molecular weight is 363 g/mol. The molecule has 0 fully saturated rings. The quantitative estimate of drug-likeness (QED) is 0.873. The Balaban J connectivity index is 1.58. The Morgan fingerprint density at radius 2 is 2.00 bits per heavy atom. The molecule has 1 heterocycles. The van der Waals surface area contributed by atoms with Gasteiger partial charge in [0.05, 0.1) is 6.54 Å². The molecule has 0 bridgehead atoms. The van der Waals surface area contributed by atoms with E-state index in [1.807, 2.05) is 43.3 Å². The Labute approximate surface area is 136 Å². The topological polar surface area (TPSA) is 59.6 Å². The molecule has 0 saturated heterocycles. The van der Waals surface area contributed by atoms with Crippen LogP contribution >= 0.6 is 15.9 Å². The molecule has 22 heavy (non-hydrogen) atoms. The van der Waals surface area contributed by atoms with E-state index in [-0.39, 0.29) is 19.2 Å². The fraction of sp³-hybridized carbons (Fsp3) is 0.188. The fourth-order valence-corrected chi connectivity index (χ4v) is 2.63. The number of anilines is 2. The van der Waals surface area contributed by atoms with E-state index in [0.29, 0.717) is 5.75 Å². The summed E-state index contributed by atoms with van der Waals surface area (Å²) in [4.78, 5) is 12.0. The van der Waals surface area contributed by atoms with Gasteiger partial charge in [-0.1, -0.05) is 15.9 Å². The van der Waals surface area contributed by atoms with Crippen LogP contribution in [0.4, 0.5) is 11.4 Å². The van der Waals surface area contributed by atoms with Crippen LogP contribution in [0.2, 0.25) is 0 Å². The van der Waals surface area contributed by atoms with E-state index in [2.05, 4.69) is 26.6 Å². The minimum Gasteiger partial charge on any atom is -0.454 e. The van der Waals surface area contributed by atoms with Gasteiger partial charge in [0.2, 0.25) is 12.7 Å². The van der Waals surface area contributed by atoms with Gasteiger partial charge in [-0.25, -0.2) is 0 Å². The van der Waals surface area contributed by atoms with Gasteiger partial charge < -0.3 is 20.1 Å². The second kappa shape index (κ2) is 6.27. The Morgan fingerprint density at radius 3 is 2.82 bits per heavy atom. The van der Waals surface area contributed by atoms with Gasteiger partial charge in [0.15, 0.2) is 11.5 Å². The molecule has 114 valence electrons. The van der Waals surface area contributed by atoms with Crippen LogP contribution in [-0.4, -0.2) is 19.2 Å². The number of halogens is 1. The third kappa shape index (κ3) is 3.33. The molecule has 2 aromatic carbocycles. The maximum Gasteiger partial charge on any atom is 0.243 e. The Hall–Kier alpha value is -2.21. The average Bonchev–Trinajstić information content (AvgIpc) is 2.95. The lowest BCUT2D eigenvalue weighted by molar-refractivity contribution is -0.114. The van der Waals surface area contributed by atoms with E-state index in [1.165, 1.54) is 0 Å². The molecule has 1 aliphatic rings. The summed E-state index contributed by atoms with van der Waals surface area (Å²) in [6.45, 7) is 2.36. The van der Waals surface area contributed by atoms with Crippen molar-refractivity contribution in [3.05, 3.63) is 46.4 Å². The predicted molar refractivity (Wildman–Crippen MR) is 88.6 cm³/mol. The zero-order valence-corrected chi connectivity index (χ0v) is 13.6. The van der Waals surface area contributed by atoms with E-state index in [0.717, 1.165) is 27.2 Å². The fourth-order valence-electron chi connectivity index (χ4n) is 2.15. The molecule has 0 aliphatic carbocycles. The summed E-state index contributed by atoms with van der Waals surface area (Å²) in [5, 5.41) is 5.95. The number of fused-ring (bicyclic) bond motifs is 1. The predicted octanol–water partition coefficient (Wildman–Crippen LogP) is 3.54. The first kappa shape index (κ1) is 14.7. The number of carbonyl (C=O) groups is 1. The van der Waals surface area contributed by atoms with Gasteiger partial charge in [-0.2, -0.15) is 0 Å². The van der Waals surface area contributed by atoms with Crippen LogP contribution in [0.25, 0.3) is 0 Å². The number of aryl methyl sites for hydroxylation is 1. The third-order valence-electron chi connectivity index (χ3n) is 3.29. The molecule has 0 saturated carbocycles. The molecular weight excluding hydrogens is 348 g/mol. The van der Waals surface area contributed by atoms with Crippen molar-refractivity contribution in [2.24, 2.45) is 0 Å². The molecule has 6 heteroatoms. The van der Waals surface area contributed by atoms with E-state index < -0.39 is 0 Å². The van der Waals surface area contributed by atoms with Gasteiger partial charge in [0.25, 0.3) is 0 Å². The van der Waals surface area contributed by atoms with Gasteiger partial charge in [-0.3, -0.25) is 4.79 Å². The lowest BCUT2D eigenvalue weighted by atomic mass is 10.2. The van der Waals surface area contributed by atoms with Crippen LogP contribution in [0.15, 0.2) is 40.9 Å². The van der Waals surface area contributed by atoms with Gasteiger partial charge in [-0.15, -0.1) is 0 Å². The zero-order chi connectivity index (χ0) is 15.5. The Morgan fingerprint density at radius 1 is 1.18 bits per heavy atom. The number of carbonyl (C=O) groups excluding carboxylic acids is 1.